The van der Waals surface area contributed by atoms with E-state index in [4.69, 9.17) is 11.6 Å². The average molecular weight is 459 g/mol. The molecule has 1 atom stereocenters. The maximum absolute atomic E-state index is 13.2. The SMILES string of the molecule is C[C@@H]1C(=O)N(Cc2ccc(C(F)(F)F)cc2)c2ccccc2N1C(=O)c1ccc(Cl)cc1. The Labute approximate surface area is 187 Å². The van der Waals surface area contributed by atoms with Gasteiger partial charge in [-0.1, -0.05) is 35.9 Å². The van der Waals surface area contributed by atoms with Crippen molar-refractivity contribution in [1.29, 1.82) is 0 Å². The van der Waals surface area contributed by atoms with E-state index in [1.807, 2.05) is 0 Å². The van der Waals surface area contributed by atoms with Crippen molar-refractivity contribution in [3.63, 3.8) is 0 Å². The Morgan fingerprint density at radius 2 is 1.53 bits per heavy atom. The summed E-state index contributed by atoms with van der Waals surface area (Å²) in [7, 11) is 0. The molecule has 0 N–H and O–H groups in total. The van der Waals surface area contributed by atoms with Crippen LogP contribution in [0, 0.1) is 0 Å². The van der Waals surface area contributed by atoms with E-state index in [1.54, 1.807) is 55.5 Å². The zero-order chi connectivity index (χ0) is 23.0. The van der Waals surface area contributed by atoms with Crippen LogP contribution in [-0.4, -0.2) is 17.9 Å². The summed E-state index contributed by atoms with van der Waals surface area (Å²) in [5.74, 6) is -0.671. The summed E-state index contributed by atoms with van der Waals surface area (Å²) in [6.07, 6.45) is -4.43. The minimum absolute atomic E-state index is 0.0846. The predicted octanol–water partition coefficient (Wildman–Crippen LogP) is 5.94. The Morgan fingerprint density at radius 1 is 0.938 bits per heavy atom. The van der Waals surface area contributed by atoms with Crippen molar-refractivity contribution in [1.82, 2.24) is 0 Å². The van der Waals surface area contributed by atoms with Crippen molar-refractivity contribution in [2.75, 3.05) is 9.80 Å². The van der Waals surface area contributed by atoms with Crippen LogP contribution >= 0.6 is 11.6 Å². The van der Waals surface area contributed by atoms with Gasteiger partial charge in [0.1, 0.15) is 6.04 Å². The lowest BCUT2D eigenvalue weighted by atomic mass is 10.0. The van der Waals surface area contributed by atoms with Gasteiger partial charge < -0.3 is 4.90 Å². The molecule has 0 saturated heterocycles. The summed E-state index contributed by atoms with van der Waals surface area (Å²) in [5, 5.41) is 0.493. The van der Waals surface area contributed by atoms with E-state index in [2.05, 4.69) is 0 Å². The molecule has 4 nitrogen and oxygen atoms in total. The molecular weight excluding hydrogens is 441 g/mol. The van der Waals surface area contributed by atoms with Crippen molar-refractivity contribution >= 4 is 34.8 Å². The molecule has 8 heteroatoms. The molecule has 0 radical (unpaired) electrons. The Balaban J connectivity index is 1.68. The summed E-state index contributed by atoms with van der Waals surface area (Å²) < 4.78 is 38.6. The van der Waals surface area contributed by atoms with Gasteiger partial charge in [0.15, 0.2) is 0 Å². The van der Waals surface area contributed by atoms with E-state index < -0.39 is 17.8 Å². The van der Waals surface area contributed by atoms with Crippen molar-refractivity contribution < 1.29 is 22.8 Å². The Bertz CT molecular complexity index is 1160. The summed E-state index contributed by atoms with van der Waals surface area (Å²) in [5.41, 5.74) is 1.25. The van der Waals surface area contributed by atoms with Gasteiger partial charge in [-0.05, 0) is 61.0 Å². The van der Waals surface area contributed by atoms with Gasteiger partial charge in [0.2, 0.25) is 5.91 Å². The summed E-state index contributed by atoms with van der Waals surface area (Å²) in [6.45, 7) is 1.72. The smallest absolute Gasteiger partial charge is 0.304 e. The third-order valence-corrected chi connectivity index (χ3v) is 5.63. The second-order valence-electron chi connectivity index (χ2n) is 7.47. The number of carbonyl (C=O) groups excluding carboxylic acids is 2. The van der Waals surface area contributed by atoms with E-state index in [9.17, 15) is 22.8 Å². The summed E-state index contributed by atoms with van der Waals surface area (Å²) in [4.78, 5) is 29.4. The van der Waals surface area contributed by atoms with Gasteiger partial charge in [-0.3, -0.25) is 14.5 Å². The first-order valence-electron chi connectivity index (χ1n) is 9.82. The molecular formula is C24H18ClF3N2O2. The number of carbonyl (C=O) groups is 2. The number of hydrogen-bond donors (Lipinski definition) is 0. The number of nitrogens with zero attached hydrogens (tertiary/aromatic N) is 2. The molecule has 0 fully saturated rings. The third kappa shape index (κ3) is 4.08. The van der Waals surface area contributed by atoms with Gasteiger partial charge >= 0.3 is 6.18 Å². The fourth-order valence-corrected chi connectivity index (χ4v) is 3.85. The molecule has 3 aromatic carbocycles. The maximum Gasteiger partial charge on any atom is 0.416 e. The molecule has 32 heavy (non-hydrogen) atoms. The first-order chi connectivity index (χ1) is 15.2. The number of hydrogen-bond acceptors (Lipinski definition) is 2. The minimum atomic E-state index is -4.43. The van der Waals surface area contributed by atoms with Gasteiger partial charge in [0, 0.05) is 10.6 Å². The van der Waals surface area contributed by atoms with Crippen LogP contribution in [0.2, 0.25) is 5.02 Å². The number of alkyl halides is 3. The highest BCUT2D eigenvalue weighted by atomic mass is 35.5. The first-order valence-corrected chi connectivity index (χ1v) is 10.2. The standard InChI is InChI=1S/C24H18ClF3N2O2/c1-15-22(31)29(14-16-6-10-18(11-7-16)24(26,27)28)20-4-2-3-5-21(20)30(15)23(32)17-8-12-19(25)13-9-17/h2-13,15H,14H2,1H3/t15-/m1/s1. The van der Waals surface area contributed by atoms with Crippen molar-refractivity contribution in [2.24, 2.45) is 0 Å². The molecule has 1 aliphatic rings. The zero-order valence-electron chi connectivity index (χ0n) is 16.9. The zero-order valence-corrected chi connectivity index (χ0v) is 17.7. The molecule has 0 bridgehead atoms. The van der Waals surface area contributed by atoms with Crippen LogP contribution in [-0.2, 0) is 17.5 Å². The fraction of sp³-hybridized carbons (Fsp3) is 0.167. The van der Waals surface area contributed by atoms with Crippen molar-refractivity contribution in [2.45, 2.75) is 25.7 Å². The number of fused-ring (bicyclic) bond motifs is 1. The topological polar surface area (TPSA) is 40.6 Å². The van der Waals surface area contributed by atoms with E-state index in [-0.39, 0.29) is 18.4 Å². The van der Waals surface area contributed by atoms with E-state index >= 15 is 0 Å². The molecule has 1 heterocycles. The molecule has 4 rings (SSSR count). The van der Waals surface area contributed by atoms with Crippen LogP contribution < -0.4 is 9.80 Å². The van der Waals surface area contributed by atoms with Gasteiger partial charge in [-0.25, -0.2) is 0 Å². The molecule has 0 unspecified atom stereocenters. The molecule has 2 amide bonds. The normalized spacial score (nSPS) is 16.2. The highest BCUT2D eigenvalue weighted by Gasteiger charge is 2.39. The first kappa shape index (κ1) is 21.9. The number of rotatable bonds is 3. The van der Waals surface area contributed by atoms with Gasteiger partial charge in [-0.15, -0.1) is 0 Å². The monoisotopic (exact) mass is 458 g/mol. The van der Waals surface area contributed by atoms with Gasteiger partial charge in [0.25, 0.3) is 5.91 Å². The molecule has 0 aliphatic carbocycles. The number of halogens is 4. The highest BCUT2D eigenvalue weighted by Crippen LogP contribution is 2.38. The molecule has 0 spiro atoms. The van der Waals surface area contributed by atoms with Crippen LogP contribution in [0.3, 0.4) is 0 Å². The number of amides is 2. The average Bonchev–Trinajstić information content (AvgIpc) is 2.77. The Kier molecular flexibility index (Phi) is 5.69. The number of anilines is 2. The fourth-order valence-electron chi connectivity index (χ4n) is 3.72. The van der Waals surface area contributed by atoms with E-state index in [0.717, 1.165) is 12.1 Å². The van der Waals surface area contributed by atoms with E-state index in [1.165, 1.54) is 21.9 Å². The number of benzene rings is 3. The van der Waals surface area contributed by atoms with Gasteiger partial charge in [0.05, 0.1) is 23.5 Å². The lowest BCUT2D eigenvalue weighted by Gasteiger charge is -2.40. The predicted molar refractivity (Wildman–Crippen MR) is 117 cm³/mol. The molecule has 0 saturated carbocycles. The summed E-state index contributed by atoms with van der Waals surface area (Å²) in [6, 6.07) is 17.3. The Morgan fingerprint density at radius 3 is 2.12 bits per heavy atom. The molecule has 1 aliphatic heterocycles. The summed E-state index contributed by atoms with van der Waals surface area (Å²) >= 11 is 5.92. The maximum atomic E-state index is 13.2. The minimum Gasteiger partial charge on any atom is -0.304 e. The molecule has 3 aromatic rings. The van der Waals surface area contributed by atoms with Crippen LogP contribution in [0.5, 0.6) is 0 Å². The largest absolute Gasteiger partial charge is 0.416 e. The highest BCUT2D eigenvalue weighted by molar-refractivity contribution is 6.30. The molecule has 0 aromatic heterocycles. The van der Waals surface area contributed by atoms with Crippen molar-refractivity contribution in [3.05, 3.63) is 94.5 Å². The molecule has 164 valence electrons. The second kappa shape index (κ2) is 8.31. The van der Waals surface area contributed by atoms with E-state index in [0.29, 0.717) is 27.5 Å². The third-order valence-electron chi connectivity index (χ3n) is 5.37. The van der Waals surface area contributed by atoms with Crippen molar-refractivity contribution in [3.8, 4) is 0 Å². The quantitative estimate of drug-likeness (QED) is 0.487. The van der Waals surface area contributed by atoms with Crippen LogP contribution in [0.15, 0.2) is 72.8 Å². The number of para-hydroxylation sites is 2. The lowest BCUT2D eigenvalue weighted by molar-refractivity contribution is -0.137. The van der Waals surface area contributed by atoms with Gasteiger partial charge in [-0.2, -0.15) is 13.2 Å². The Hall–Kier alpha value is -3.32. The second-order valence-corrected chi connectivity index (χ2v) is 7.90. The van der Waals surface area contributed by atoms with Crippen LogP contribution in [0.4, 0.5) is 24.5 Å². The van der Waals surface area contributed by atoms with Crippen LogP contribution in [0.25, 0.3) is 0 Å². The lowest BCUT2D eigenvalue weighted by Crippen LogP contribution is -2.54. The van der Waals surface area contributed by atoms with Crippen LogP contribution in [0.1, 0.15) is 28.4 Å².